The summed E-state index contributed by atoms with van der Waals surface area (Å²) in [6, 6.07) is 4.01. The Hall–Kier alpha value is -2.37. The highest BCUT2D eigenvalue weighted by molar-refractivity contribution is 5.74. The van der Waals surface area contributed by atoms with Crippen LogP contribution in [0.15, 0.2) is 37.1 Å². The van der Waals surface area contributed by atoms with Gasteiger partial charge in [-0.2, -0.15) is 0 Å². The summed E-state index contributed by atoms with van der Waals surface area (Å²) >= 11 is 0. The average molecular weight is 341 g/mol. The first-order valence-corrected chi connectivity index (χ1v) is 8.87. The van der Waals surface area contributed by atoms with Gasteiger partial charge in [-0.1, -0.05) is 19.9 Å². The Bertz CT molecular complexity index is 702. The molecule has 25 heavy (non-hydrogen) atoms. The number of nitrogens with one attached hydrogen (secondary N) is 1. The quantitative estimate of drug-likeness (QED) is 0.930. The zero-order valence-corrected chi connectivity index (χ0v) is 15.3. The van der Waals surface area contributed by atoms with E-state index in [4.69, 9.17) is 0 Å². The number of nitrogens with zero attached hydrogens (tertiary/aromatic N) is 4. The summed E-state index contributed by atoms with van der Waals surface area (Å²) < 4.78 is 2.08. The number of piperidine rings is 1. The average Bonchev–Trinajstić information content (AvgIpc) is 3.06. The van der Waals surface area contributed by atoms with Crippen molar-refractivity contribution < 1.29 is 4.79 Å². The highest BCUT2D eigenvalue weighted by Crippen LogP contribution is 2.27. The number of pyridine rings is 1. The van der Waals surface area contributed by atoms with Gasteiger partial charge in [-0.3, -0.25) is 4.98 Å². The maximum absolute atomic E-state index is 12.5. The Kier molecular flexibility index (Phi) is 5.06. The number of urea groups is 1. The molecule has 2 aromatic heterocycles. The molecular weight excluding hydrogens is 314 g/mol. The standard InChI is InChI=1S/C19H27N5O/c1-19(2,16-5-4-8-20-11-16)13-22-18(25)24-9-6-15(7-10-24)17-12-21-14-23(17)3/h4-5,8,11-12,14-15H,6-7,9-10,13H2,1-3H3,(H,22,25). The van der Waals surface area contributed by atoms with Crippen LogP contribution in [-0.4, -0.2) is 45.1 Å². The second-order valence-corrected chi connectivity index (χ2v) is 7.48. The second-order valence-electron chi connectivity index (χ2n) is 7.48. The predicted octanol–water partition coefficient (Wildman–Crippen LogP) is 2.68. The number of hydrogen-bond acceptors (Lipinski definition) is 3. The third-order valence-corrected chi connectivity index (χ3v) is 5.18. The van der Waals surface area contributed by atoms with Crippen LogP contribution < -0.4 is 5.32 Å². The second kappa shape index (κ2) is 7.25. The van der Waals surface area contributed by atoms with Crippen LogP contribution in [0.4, 0.5) is 4.79 Å². The van der Waals surface area contributed by atoms with Crippen molar-refractivity contribution in [3.8, 4) is 0 Å². The molecule has 3 rings (SSSR count). The van der Waals surface area contributed by atoms with E-state index >= 15 is 0 Å². The molecule has 2 aromatic rings. The largest absolute Gasteiger partial charge is 0.337 e. The zero-order chi connectivity index (χ0) is 17.9. The number of likely N-dealkylation sites (tertiary alicyclic amines) is 1. The first-order valence-electron chi connectivity index (χ1n) is 8.87. The van der Waals surface area contributed by atoms with E-state index < -0.39 is 0 Å². The molecule has 2 amide bonds. The Labute approximate surface area is 149 Å². The van der Waals surface area contributed by atoms with Gasteiger partial charge in [0.05, 0.1) is 6.33 Å². The molecule has 0 saturated carbocycles. The molecule has 1 N–H and O–H groups in total. The molecule has 0 unspecified atom stereocenters. The van der Waals surface area contributed by atoms with Crippen LogP contribution in [0.1, 0.15) is 43.9 Å². The van der Waals surface area contributed by atoms with Crippen molar-refractivity contribution in [3.05, 3.63) is 48.3 Å². The lowest BCUT2D eigenvalue weighted by atomic mass is 9.86. The van der Waals surface area contributed by atoms with E-state index in [-0.39, 0.29) is 11.4 Å². The van der Waals surface area contributed by atoms with Gasteiger partial charge in [0.25, 0.3) is 0 Å². The lowest BCUT2D eigenvalue weighted by Gasteiger charge is -2.33. The Balaban J connectivity index is 1.51. The summed E-state index contributed by atoms with van der Waals surface area (Å²) in [5, 5.41) is 3.09. The molecule has 3 heterocycles. The summed E-state index contributed by atoms with van der Waals surface area (Å²) in [5.74, 6) is 0.489. The van der Waals surface area contributed by atoms with Crippen molar-refractivity contribution >= 4 is 6.03 Å². The van der Waals surface area contributed by atoms with Crippen molar-refractivity contribution in [2.24, 2.45) is 7.05 Å². The number of imidazole rings is 1. The first-order chi connectivity index (χ1) is 12.0. The highest BCUT2D eigenvalue weighted by Gasteiger charge is 2.27. The number of hydrogen-bond donors (Lipinski definition) is 1. The number of aromatic nitrogens is 3. The topological polar surface area (TPSA) is 63.1 Å². The molecule has 1 aliphatic rings. The van der Waals surface area contributed by atoms with Gasteiger partial charge in [-0.25, -0.2) is 9.78 Å². The van der Waals surface area contributed by atoms with Crippen molar-refractivity contribution in [3.63, 3.8) is 0 Å². The van der Waals surface area contributed by atoms with Crippen LogP contribution in [0.3, 0.4) is 0 Å². The summed E-state index contributed by atoms with van der Waals surface area (Å²) in [5.41, 5.74) is 2.25. The van der Waals surface area contributed by atoms with E-state index in [0.717, 1.165) is 31.5 Å². The van der Waals surface area contributed by atoms with E-state index in [9.17, 15) is 4.79 Å². The summed E-state index contributed by atoms with van der Waals surface area (Å²) in [7, 11) is 2.03. The number of carbonyl (C=O) groups is 1. The minimum Gasteiger partial charge on any atom is -0.337 e. The SMILES string of the molecule is Cn1cncc1C1CCN(C(=O)NCC(C)(C)c2cccnc2)CC1. The summed E-state index contributed by atoms with van der Waals surface area (Å²) in [6.45, 7) is 6.42. The maximum Gasteiger partial charge on any atom is 0.317 e. The summed E-state index contributed by atoms with van der Waals surface area (Å²) in [6.07, 6.45) is 9.39. The number of rotatable bonds is 4. The molecule has 0 radical (unpaired) electrons. The lowest BCUT2D eigenvalue weighted by molar-refractivity contribution is 0.178. The molecule has 1 saturated heterocycles. The molecule has 0 spiro atoms. The minimum absolute atomic E-state index is 0.0282. The third kappa shape index (κ3) is 4.00. The molecule has 6 heteroatoms. The van der Waals surface area contributed by atoms with Crippen molar-refractivity contribution in [2.75, 3.05) is 19.6 Å². The van der Waals surface area contributed by atoms with E-state index in [1.54, 1.807) is 6.20 Å². The predicted molar refractivity (Wildman–Crippen MR) is 97.4 cm³/mol. The van der Waals surface area contributed by atoms with E-state index in [1.165, 1.54) is 5.69 Å². The number of carbonyl (C=O) groups excluding carboxylic acids is 1. The van der Waals surface area contributed by atoms with Gasteiger partial charge in [0.2, 0.25) is 0 Å². The monoisotopic (exact) mass is 341 g/mol. The Morgan fingerprint density at radius 2 is 2.04 bits per heavy atom. The van der Waals surface area contributed by atoms with E-state index in [0.29, 0.717) is 12.5 Å². The van der Waals surface area contributed by atoms with E-state index in [1.807, 2.05) is 36.7 Å². The van der Waals surface area contributed by atoms with Crippen molar-refractivity contribution in [1.82, 2.24) is 24.8 Å². The van der Waals surface area contributed by atoms with Gasteiger partial charge in [0, 0.05) is 62.3 Å². The molecule has 134 valence electrons. The zero-order valence-electron chi connectivity index (χ0n) is 15.3. The summed E-state index contributed by atoms with van der Waals surface area (Å²) in [4.78, 5) is 22.8. The Morgan fingerprint density at radius 3 is 2.64 bits per heavy atom. The smallest absolute Gasteiger partial charge is 0.317 e. The van der Waals surface area contributed by atoms with Crippen LogP contribution in [-0.2, 0) is 12.5 Å². The number of amides is 2. The molecule has 6 nitrogen and oxygen atoms in total. The van der Waals surface area contributed by atoms with Crippen LogP contribution in [0.25, 0.3) is 0 Å². The maximum atomic E-state index is 12.5. The van der Waals surface area contributed by atoms with Crippen molar-refractivity contribution in [2.45, 2.75) is 38.0 Å². The first kappa shape index (κ1) is 17.5. The third-order valence-electron chi connectivity index (χ3n) is 5.18. The van der Waals surface area contributed by atoms with Gasteiger partial charge in [-0.15, -0.1) is 0 Å². The molecule has 1 fully saturated rings. The molecule has 0 bridgehead atoms. The fourth-order valence-electron chi connectivity index (χ4n) is 3.41. The lowest BCUT2D eigenvalue weighted by Crippen LogP contribution is -2.47. The molecular formula is C19H27N5O. The van der Waals surface area contributed by atoms with Gasteiger partial charge < -0.3 is 14.8 Å². The van der Waals surface area contributed by atoms with Gasteiger partial charge in [0.1, 0.15) is 0 Å². The van der Waals surface area contributed by atoms with E-state index in [2.05, 4.69) is 39.8 Å². The molecule has 0 aliphatic carbocycles. The van der Waals surface area contributed by atoms with Gasteiger partial charge in [0.15, 0.2) is 0 Å². The van der Waals surface area contributed by atoms with Crippen LogP contribution in [0.2, 0.25) is 0 Å². The molecule has 0 aromatic carbocycles. The van der Waals surface area contributed by atoms with Gasteiger partial charge >= 0.3 is 6.03 Å². The minimum atomic E-state index is -0.142. The van der Waals surface area contributed by atoms with Crippen LogP contribution >= 0.6 is 0 Å². The normalized spacial score (nSPS) is 16.0. The fourth-order valence-corrected chi connectivity index (χ4v) is 3.41. The number of aryl methyl sites for hydroxylation is 1. The fraction of sp³-hybridized carbons (Fsp3) is 0.526. The highest BCUT2D eigenvalue weighted by atomic mass is 16.2. The van der Waals surface area contributed by atoms with Gasteiger partial charge in [-0.05, 0) is 24.5 Å². The van der Waals surface area contributed by atoms with Crippen molar-refractivity contribution in [1.29, 1.82) is 0 Å². The Morgan fingerprint density at radius 1 is 1.28 bits per heavy atom. The van der Waals surface area contributed by atoms with Crippen LogP contribution in [0, 0.1) is 0 Å². The molecule has 1 aliphatic heterocycles. The molecule has 0 atom stereocenters. The van der Waals surface area contributed by atoms with Crippen LogP contribution in [0.5, 0.6) is 0 Å².